The molecule has 1 atom stereocenters. The molecule has 0 aromatic carbocycles. The Bertz CT molecular complexity index is 1270. The molecule has 0 saturated heterocycles. The molecule has 6 heteroatoms. The molecule has 73 heavy (non-hydrogen) atoms. The maximum absolute atomic E-state index is 12.9. The molecule has 0 heterocycles. The first-order valence-electron chi connectivity index (χ1n) is 32.1. The van der Waals surface area contributed by atoms with E-state index in [4.69, 9.17) is 14.2 Å². The molecule has 0 aliphatic rings. The number of carbonyl (C=O) groups is 3. The number of esters is 3. The number of carbonyl (C=O) groups excluding carboxylic acids is 3. The lowest BCUT2D eigenvalue weighted by Crippen LogP contribution is -2.30. The van der Waals surface area contributed by atoms with E-state index >= 15 is 0 Å². The normalized spacial score (nSPS) is 12.3. The highest BCUT2D eigenvalue weighted by Crippen LogP contribution is 2.17. The van der Waals surface area contributed by atoms with Crippen molar-refractivity contribution < 1.29 is 28.6 Å². The van der Waals surface area contributed by atoms with Crippen molar-refractivity contribution in [1.29, 1.82) is 0 Å². The molecule has 0 aliphatic carbocycles. The van der Waals surface area contributed by atoms with Crippen LogP contribution in [0.2, 0.25) is 0 Å². The lowest BCUT2D eigenvalue weighted by Gasteiger charge is -2.18. The first-order chi connectivity index (χ1) is 36.0. The summed E-state index contributed by atoms with van der Waals surface area (Å²) in [5, 5.41) is 0. The van der Waals surface area contributed by atoms with E-state index < -0.39 is 6.10 Å². The standard InChI is InChI=1S/C67H122O6/c1-4-7-10-13-16-19-22-25-28-30-31-32-33-34-35-37-39-42-45-48-51-54-57-60-66(69)72-63-64(62-71-65(68)59-56-53-50-47-44-41-38-27-24-21-18-15-12-9-6-3)73-67(70)61-58-55-52-49-46-43-40-36-29-26-23-20-17-14-11-8-5-2/h8,11,17,20,26-27,29,38,64H,4-7,9-10,12-16,18-19,21-25,28,30-37,39-63H2,1-3H3/b11-8-,20-17-,29-26-,38-27-. The van der Waals surface area contributed by atoms with Gasteiger partial charge in [0.05, 0.1) is 0 Å². The second kappa shape index (κ2) is 61.9. The molecule has 0 amide bonds. The Morgan fingerprint density at radius 2 is 0.534 bits per heavy atom. The Balaban J connectivity index is 4.30. The summed E-state index contributed by atoms with van der Waals surface area (Å²) in [7, 11) is 0. The van der Waals surface area contributed by atoms with Crippen molar-refractivity contribution in [3.05, 3.63) is 48.6 Å². The predicted molar refractivity (Wildman–Crippen MR) is 316 cm³/mol. The minimum absolute atomic E-state index is 0.0762. The molecule has 0 fully saturated rings. The van der Waals surface area contributed by atoms with Gasteiger partial charge in [-0.1, -0.05) is 294 Å². The van der Waals surface area contributed by atoms with E-state index in [0.29, 0.717) is 19.3 Å². The number of rotatable bonds is 59. The highest BCUT2D eigenvalue weighted by atomic mass is 16.6. The Kier molecular flexibility index (Phi) is 59.7. The smallest absolute Gasteiger partial charge is 0.306 e. The minimum Gasteiger partial charge on any atom is -0.462 e. The highest BCUT2D eigenvalue weighted by molar-refractivity contribution is 5.71. The summed E-state index contributed by atoms with van der Waals surface area (Å²) in [6.07, 6.45) is 76.9. The third-order valence-electron chi connectivity index (χ3n) is 14.3. The minimum atomic E-state index is -0.781. The van der Waals surface area contributed by atoms with E-state index in [2.05, 4.69) is 69.4 Å². The number of hydrogen-bond donors (Lipinski definition) is 0. The Labute approximate surface area is 454 Å². The van der Waals surface area contributed by atoms with Crippen LogP contribution in [-0.4, -0.2) is 37.2 Å². The van der Waals surface area contributed by atoms with Gasteiger partial charge < -0.3 is 14.2 Å². The van der Waals surface area contributed by atoms with Gasteiger partial charge in [-0.2, -0.15) is 0 Å². The van der Waals surface area contributed by atoms with Crippen LogP contribution in [0.1, 0.15) is 342 Å². The molecule has 0 rings (SSSR count). The van der Waals surface area contributed by atoms with Crippen molar-refractivity contribution in [1.82, 2.24) is 0 Å². The third-order valence-corrected chi connectivity index (χ3v) is 14.3. The van der Waals surface area contributed by atoms with E-state index in [0.717, 1.165) is 89.9 Å². The summed E-state index contributed by atoms with van der Waals surface area (Å²) in [5.41, 5.74) is 0. The molecule has 0 N–H and O–H groups in total. The molecule has 426 valence electrons. The second-order valence-electron chi connectivity index (χ2n) is 21.6. The SMILES string of the molecule is CC/C=C\C/C=C\C/C=C\CCCCCCCCCC(=O)OC(COC(=O)CCCCCCC/C=C\CCCCCCCC)COC(=O)CCCCCCCCCCCCCCCCCCCCCCCCC. The monoisotopic (exact) mass is 1020 g/mol. The molecule has 0 radical (unpaired) electrons. The van der Waals surface area contributed by atoms with Crippen LogP contribution in [0.25, 0.3) is 0 Å². The van der Waals surface area contributed by atoms with Crippen LogP contribution in [0.15, 0.2) is 48.6 Å². The zero-order valence-electron chi connectivity index (χ0n) is 48.9. The average Bonchev–Trinajstić information content (AvgIpc) is 3.39. The number of allylic oxidation sites excluding steroid dienone is 8. The fourth-order valence-electron chi connectivity index (χ4n) is 9.51. The van der Waals surface area contributed by atoms with Gasteiger partial charge in [-0.05, 0) is 77.0 Å². The zero-order chi connectivity index (χ0) is 52.9. The Morgan fingerprint density at radius 1 is 0.288 bits per heavy atom. The lowest BCUT2D eigenvalue weighted by molar-refractivity contribution is -0.167. The quantitative estimate of drug-likeness (QED) is 0.0261. The summed E-state index contributed by atoms with van der Waals surface area (Å²) >= 11 is 0. The maximum Gasteiger partial charge on any atom is 0.306 e. The van der Waals surface area contributed by atoms with Crippen molar-refractivity contribution >= 4 is 17.9 Å². The van der Waals surface area contributed by atoms with Crippen molar-refractivity contribution in [2.24, 2.45) is 0 Å². The van der Waals surface area contributed by atoms with Gasteiger partial charge >= 0.3 is 17.9 Å². The van der Waals surface area contributed by atoms with Gasteiger partial charge in [0.1, 0.15) is 13.2 Å². The van der Waals surface area contributed by atoms with Crippen molar-refractivity contribution in [3.8, 4) is 0 Å². The summed E-state index contributed by atoms with van der Waals surface area (Å²) < 4.78 is 16.9. The van der Waals surface area contributed by atoms with Crippen LogP contribution in [0, 0.1) is 0 Å². The first-order valence-corrected chi connectivity index (χ1v) is 32.1. The van der Waals surface area contributed by atoms with E-state index in [1.807, 2.05) is 0 Å². The molecular weight excluding hydrogens is 901 g/mol. The maximum atomic E-state index is 12.9. The summed E-state index contributed by atoms with van der Waals surface area (Å²) in [5.74, 6) is -0.874. The van der Waals surface area contributed by atoms with Gasteiger partial charge in [0.25, 0.3) is 0 Å². The molecule has 1 unspecified atom stereocenters. The number of hydrogen-bond acceptors (Lipinski definition) is 6. The van der Waals surface area contributed by atoms with Crippen LogP contribution >= 0.6 is 0 Å². The van der Waals surface area contributed by atoms with Gasteiger partial charge in [-0.25, -0.2) is 0 Å². The van der Waals surface area contributed by atoms with Crippen LogP contribution in [0.3, 0.4) is 0 Å². The van der Waals surface area contributed by atoms with E-state index in [1.54, 1.807) is 0 Å². The van der Waals surface area contributed by atoms with Gasteiger partial charge in [-0.3, -0.25) is 14.4 Å². The zero-order valence-corrected chi connectivity index (χ0v) is 48.9. The van der Waals surface area contributed by atoms with Crippen LogP contribution < -0.4 is 0 Å². The summed E-state index contributed by atoms with van der Waals surface area (Å²) in [6, 6.07) is 0. The van der Waals surface area contributed by atoms with Crippen molar-refractivity contribution in [2.45, 2.75) is 348 Å². The fourth-order valence-corrected chi connectivity index (χ4v) is 9.51. The molecule has 0 aliphatic heterocycles. The summed E-state index contributed by atoms with van der Waals surface area (Å²) in [6.45, 7) is 6.56. The molecule has 6 nitrogen and oxygen atoms in total. The Hall–Kier alpha value is -2.63. The van der Waals surface area contributed by atoms with Gasteiger partial charge in [0, 0.05) is 19.3 Å². The molecule has 0 aromatic rings. The fraction of sp³-hybridized carbons (Fsp3) is 0.836. The van der Waals surface area contributed by atoms with Crippen LogP contribution in [0.5, 0.6) is 0 Å². The highest BCUT2D eigenvalue weighted by Gasteiger charge is 2.19. The summed E-state index contributed by atoms with van der Waals surface area (Å²) in [4.78, 5) is 38.3. The lowest BCUT2D eigenvalue weighted by atomic mass is 10.0. The molecule has 0 spiro atoms. The van der Waals surface area contributed by atoms with Crippen molar-refractivity contribution in [3.63, 3.8) is 0 Å². The van der Waals surface area contributed by atoms with Crippen molar-refractivity contribution in [2.75, 3.05) is 13.2 Å². The van der Waals surface area contributed by atoms with Gasteiger partial charge in [0.2, 0.25) is 0 Å². The van der Waals surface area contributed by atoms with E-state index in [-0.39, 0.29) is 31.1 Å². The van der Waals surface area contributed by atoms with E-state index in [1.165, 1.54) is 212 Å². The molecule has 0 aromatic heterocycles. The van der Waals surface area contributed by atoms with E-state index in [9.17, 15) is 14.4 Å². The van der Waals surface area contributed by atoms with Crippen LogP contribution in [0.4, 0.5) is 0 Å². The third kappa shape index (κ3) is 60.1. The molecule has 0 saturated carbocycles. The largest absolute Gasteiger partial charge is 0.462 e. The predicted octanol–water partition coefficient (Wildman–Crippen LogP) is 21.8. The second-order valence-corrected chi connectivity index (χ2v) is 21.6. The molecule has 0 bridgehead atoms. The average molecular weight is 1020 g/mol. The topological polar surface area (TPSA) is 78.9 Å². The molecular formula is C67H122O6. The van der Waals surface area contributed by atoms with Gasteiger partial charge in [-0.15, -0.1) is 0 Å². The first kappa shape index (κ1) is 70.4. The van der Waals surface area contributed by atoms with Gasteiger partial charge in [0.15, 0.2) is 6.10 Å². The number of ether oxygens (including phenoxy) is 3. The Morgan fingerprint density at radius 3 is 0.849 bits per heavy atom. The number of unbranched alkanes of at least 4 members (excludes halogenated alkanes) is 40. The van der Waals surface area contributed by atoms with Crippen LogP contribution in [-0.2, 0) is 28.6 Å².